The highest BCUT2D eigenvalue weighted by Crippen LogP contribution is 2.33. The molecule has 1 heterocycles. The van der Waals surface area contributed by atoms with Crippen molar-refractivity contribution in [2.24, 2.45) is 11.7 Å². The fourth-order valence-corrected chi connectivity index (χ4v) is 2.39. The maximum absolute atomic E-state index is 12.8. The number of urea groups is 1. The predicted molar refractivity (Wildman–Crippen MR) is 80.6 cm³/mol. The Bertz CT molecular complexity index is 750. The number of imide groups is 1. The molecule has 1 atom stereocenters. The van der Waals surface area contributed by atoms with Gasteiger partial charge in [-0.3, -0.25) is 19.7 Å². The van der Waals surface area contributed by atoms with Crippen LogP contribution >= 0.6 is 0 Å². The summed E-state index contributed by atoms with van der Waals surface area (Å²) in [5, 5.41) is 1.69. The second-order valence-electron chi connectivity index (χ2n) is 5.47. The van der Waals surface area contributed by atoms with Crippen molar-refractivity contribution in [3.63, 3.8) is 0 Å². The van der Waals surface area contributed by atoms with Crippen LogP contribution in [0.4, 0.5) is 23.7 Å². The number of halogens is 3. The van der Waals surface area contributed by atoms with Gasteiger partial charge in [-0.25, -0.2) is 4.79 Å². The number of nitrogens with two attached hydrogens (primary N) is 1. The topological polar surface area (TPSA) is 119 Å². The molecule has 1 aliphatic heterocycles. The van der Waals surface area contributed by atoms with Crippen molar-refractivity contribution in [2.45, 2.75) is 12.6 Å². The highest BCUT2D eigenvalue weighted by atomic mass is 19.4. The second kappa shape index (κ2) is 7.42. The number of hydrogen-bond donors (Lipinski definition) is 2. The fourth-order valence-electron chi connectivity index (χ4n) is 2.39. The molecular weight excluding hydrogens is 359 g/mol. The fraction of sp³-hybridized carbons (Fsp3) is 0.333. The van der Waals surface area contributed by atoms with Gasteiger partial charge in [0.25, 0.3) is 5.91 Å². The Hall–Kier alpha value is -3.11. The molecule has 0 aliphatic carbocycles. The van der Waals surface area contributed by atoms with Gasteiger partial charge in [-0.2, -0.15) is 13.2 Å². The summed E-state index contributed by atoms with van der Waals surface area (Å²) in [5.74, 6) is -3.32. The number of primary amides is 1. The van der Waals surface area contributed by atoms with Gasteiger partial charge in [0.15, 0.2) is 6.61 Å². The highest BCUT2D eigenvalue weighted by Gasteiger charge is 2.37. The minimum Gasteiger partial charge on any atom is -0.455 e. The van der Waals surface area contributed by atoms with Crippen molar-refractivity contribution >= 4 is 29.5 Å². The van der Waals surface area contributed by atoms with E-state index in [0.717, 1.165) is 23.1 Å². The van der Waals surface area contributed by atoms with Gasteiger partial charge in [0.2, 0.25) is 5.91 Å². The highest BCUT2D eigenvalue weighted by molar-refractivity contribution is 6.00. The first-order valence-corrected chi connectivity index (χ1v) is 7.31. The van der Waals surface area contributed by atoms with Crippen LogP contribution in [0.25, 0.3) is 0 Å². The van der Waals surface area contributed by atoms with E-state index in [-0.39, 0.29) is 18.7 Å². The molecule has 0 saturated carbocycles. The molecule has 1 aromatic carbocycles. The first-order chi connectivity index (χ1) is 12.1. The maximum atomic E-state index is 12.8. The lowest BCUT2D eigenvalue weighted by Crippen LogP contribution is -2.38. The lowest BCUT2D eigenvalue weighted by Gasteiger charge is -2.18. The number of nitrogens with zero attached hydrogens (tertiary/aromatic N) is 1. The molecule has 0 aromatic heterocycles. The van der Waals surface area contributed by atoms with Gasteiger partial charge in [-0.05, 0) is 18.2 Å². The summed E-state index contributed by atoms with van der Waals surface area (Å²) >= 11 is 0. The number of rotatable bonds is 4. The van der Waals surface area contributed by atoms with Crippen LogP contribution in [0.2, 0.25) is 0 Å². The second-order valence-corrected chi connectivity index (χ2v) is 5.47. The van der Waals surface area contributed by atoms with Crippen LogP contribution in [-0.4, -0.2) is 37.0 Å². The number of carbonyl (C=O) groups excluding carboxylic acids is 4. The average molecular weight is 373 g/mol. The lowest BCUT2D eigenvalue weighted by molar-refractivity contribution is -0.152. The van der Waals surface area contributed by atoms with Crippen molar-refractivity contribution in [3.05, 3.63) is 29.8 Å². The Morgan fingerprint density at radius 1 is 1.31 bits per heavy atom. The van der Waals surface area contributed by atoms with Crippen molar-refractivity contribution in [3.8, 4) is 0 Å². The number of alkyl halides is 3. The van der Waals surface area contributed by atoms with E-state index in [2.05, 4.69) is 4.74 Å². The molecule has 1 aliphatic rings. The van der Waals surface area contributed by atoms with Crippen LogP contribution in [0.5, 0.6) is 0 Å². The van der Waals surface area contributed by atoms with Crippen LogP contribution < -0.4 is 16.0 Å². The standard InChI is InChI=1S/C15H14F3N3O5/c16-15(17,18)9-2-1-3-10(5-9)21-6-8(4-12(21)23)13(24)26-7-11(22)20-14(19)25/h1-3,5,8H,4,6-7H2,(H3,19,20,22,25)/t8-/m1/s1. The molecule has 3 N–H and O–H groups in total. The van der Waals surface area contributed by atoms with Crippen molar-refractivity contribution in [2.75, 3.05) is 18.1 Å². The quantitative estimate of drug-likeness (QED) is 0.757. The van der Waals surface area contributed by atoms with E-state index in [9.17, 15) is 32.3 Å². The van der Waals surface area contributed by atoms with E-state index in [0.29, 0.717) is 0 Å². The van der Waals surface area contributed by atoms with Crippen LogP contribution in [0.15, 0.2) is 24.3 Å². The molecule has 2 rings (SSSR count). The van der Waals surface area contributed by atoms with Crippen molar-refractivity contribution in [1.82, 2.24) is 5.32 Å². The zero-order valence-corrected chi connectivity index (χ0v) is 13.2. The first-order valence-electron chi connectivity index (χ1n) is 7.31. The Labute approximate surface area is 145 Å². The third kappa shape index (κ3) is 4.71. The molecule has 0 unspecified atom stereocenters. The van der Waals surface area contributed by atoms with Crippen LogP contribution in [-0.2, 0) is 25.3 Å². The van der Waals surface area contributed by atoms with Gasteiger partial charge in [-0.1, -0.05) is 6.07 Å². The molecule has 0 radical (unpaired) electrons. The average Bonchev–Trinajstić information content (AvgIpc) is 2.93. The minimum atomic E-state index is -4.56. The molecule has 4 amide bonds. The Kier molecular flexibility index (Phi) is 5.48. The van der Waals surface area contributed by atoms with Crippen LogP contribution in [0.1, 0.15) is 12.0 Å². The number of amides is 4. The van der Waals surface area contributed by atoms with E-state index in [4.69, 9.17) is 5.73 Å². The molecule has 8 nitrogen and oxygen atoms in total. The number of benzene rings is 1. The van der Waals surface area contributed by atoms with Gasteiger partial charge in [0, 0.05) is 18.7 Å². The third-order valence-corrected chi connectivity index (χ3v) is 3.55. The smallest absolute Gasteiger partial charge is 0.416 e. The number of anilines is 1. The van der Waals surface area contributed by atoms with Crippen molar-refractivity contribution < 1.29 is 37.1 Å². The van der Waals surface area contributed by atoms with Gasteiger partial charge in [0.1, 0.15) is 0 Å². The van der Waals surface area contributed by atoms with E-state index >= 15 is 0 Å². The number of esters is 1. The van der Waals surface area contributed by atoms with E-state index in [1.54, 1.807) is 5.32 Å². The summed E-state index contributed by atoms with van der Waals surface area (Å²) in [6.45, 7) is -0.952. The summed E-state index contributed by atoms with van der Waals surface area (Å²) in [6.07, 6.45) is -4.84. The Balaban J connectivity index is 2.01. The Morgan fingerprint density at radius 3 is 2.62 bits per heavy atom. The third-order valence-electron chi connectivity index (χ3n) is 3.55. The minimum absolute atomic E-state index is 0.00611. The summed E-state index contributed by atoms with van der Waals surface area (Å²) in [5.41, 5.74) is 3.81. The molecule has 1 saturated heterocycles. The summed E-state index contributed by atoms with van der Waals surface area (Å²) < 4.78 is 43.0. The summed E-state index contributed by atoms with van der Waals surface area (Å²) in [7, 11) is 0. The molecular formula is C15H14F3N3O5. The van der Waals surface area contributed by atoms with E-state index in [1.165, 1.54) is 6.07 Å². The lowest BCUT2D eigenvalue weighted by atomic mass is 10.1. The zero-order chi connectivity index (χ0) is 19.5. The van der Waals surface area contributed by atoms with Crippen LogP contribution in [0, 0.1) is 5.92 Å². The normalized spacial score (nSPS) is 17.1. The van der Waals surface area contributed by atoms with Crippen molar-refractivity contribution in [1.29, 1.82) is 0 Å². The van der Waals surface area contributed by atoms with Gasteiger partial charge in [0.05, 0.1) is 11.5 Å². The molecule has 11 heteroatoms. The largest absolute Gasteiger partial charge is 0.455 e. The summed E-state index contributed by atoms with van der Waals surface area (Å²) in [6, 6.07) is 3.05. The molecule has 26 heavy (non-hydrogen) atoms. The number of hydrogen-bond acceptors (Lipinski definition) is 5. The number of ether oxygens (including phenoxy) is 1. The van der Waals surface area contributed by atoms with Gasteiger partial charge >= 0.3 is 18.2 Å². The van der Waals surface area contributed by atoms with Gasteiger partial charge in [-0.15, -0.1) is 0 Å². The molecule has 0 bridgehead atoms. The molecule has 0 spiro atoms. The predicted octanol–water partition coefficient (Wildman–Crippen LogP) is 0.796. The first kappa shape index (κ1) is 19.2. The maximum Gasteiger partial charge on any atom is 0.416 e. The molecule has 140 valence electrons. The zero-order valence-electron chi connectivity index (χ0n) is 13.2. The molecule has 1 aromatic rings. The van der Waals surface area contributed by atoms with Crippen LogP contribution in [0.3, 0.4) is 0 Å². The number of carbonyl (C=O) groups is 4. The SMILES string of the molecule is NC(=O)NC(=O)COC(=O)[C@@H]1CC(=O)N(c2cccc(C(F)(F)F)c2)C1. The summed E-state index contributed by atoms with van der Waals surface area (Å²) in [4.78, 5) is 46.6. The van der Waals surface area contributed by atoms with Gasteiger partial charge < -0.3 is 15.4 Å². The molecule has 1 fully saturated rings. The number of nitrogens with one attached hydrogen (secondary N) is 1. The monoisotopic (exact) mass is 373 g/mol. The Morgan fingerprint density at radius 2 is 2.00 bits per heavy atom. The van der Waals surface area contributed by atoms with E-state index in [1.807, 2.05) is 0 Å². The van der Waals surface area contributed by atoms with E-state index < -0.39 is 48.1 Å².